The molecule has 30 heavy (non-hydrogen) atoms. The second kappa shape index (κ2) is 7.71. The topological polar surface area (TPSA) is 81.6 Å². The van der Waals surface area contributed by atoms with Gasteiger partial charge in [0.1, 0.15) is 35.7 Å². The fourth-order valence-corrected chi connectivity index (χ4v) is 3.30. The van der Waals surface area contributed by atoms with E-state index in [1.807, 2.05) is 0 Å². The largest absolute Gasteiger partial charge is 0.382 e. The van der Waals surface area contributed by atoms with Crippen molar-refractivity contribution >= 4 is 0 Å². The Hall–Kier alpha value is -3.53. The van der Waals surface area contributed by atoms with E-state index in [9.17, 15) is 18.3 Å². The van der Waals surface area contributed by atoms with Gasteiger partial charge in [0.05, 0.1) is 24.1 Å². The van der Waals surface area contributed by atoms with Crippen LogP contribution in [0.5, 0.6) is 0 Å². The van der Waals surface area contributed by atoms with Gasteiger partial charge >= 0.3 is 0 Å². The smallest absolute Gasteiger partial charge is 0.137 e. The Kier molecular flexibility index (Phi) is 5.08. The summed E-state index contributed by atoms with van der Waals surface area (Å²) >= 11 is 0. The zero-order chi connectivity index (χ0) is 21.3. The van der Waals surface area contributed by atoms with Crippen molar-refractivity contribution in [1.82, 2.24) is 29.8 Å². The number of aliphatic hydroxyl groups is 1. The summed E-state index contributed by atoms with van der Waals surface area (Å²) in [5, 5.41) is 23.7. The van der Waals surface area contributed by atoms with Crippen molar-refractivity contribution in [2.45, 2.75) is 25.0 Å². The average Bonchev–Trinajstić information content (AvgIpc) is 3.40. The van der Waals surface area contributed by atoms with Gasteiger partial charge in [-0.2, -0.15) is 5.10 Å². The lowest BCUT2D eigenvalue weighted by Crippen LogP contribution is -2.38. The first-order valence-electron chi connectivity index (χ1n) is 9.05. The van der Waals surface area contributed by atoms with Crippen molar-refractivity contribution < 1.29 is 18.3 Å². The van der Waals surface area contributed by atoms with Gasteiger partial charge in [-0.3, -0.25) is 0 Å². The second-order valence-electron chi connectivity index (χ2n) is 6.93. The predicted octanol–water partition coefficient (Wildman–Crippen LogP) is 2.97. The maximum absolute atomic E-state index is 14.6. The SMILES string of the molecule is CC(c1cn(-c2ccc(F)cc2)nn1)C(O)(Cn1cncn1)c1ccc(F)cc1F. The van der Waals surface area contributed by atoms with Crippen LogP contribution in [0.15, 0.2) is 61.3 Å². The molecule has 154 valence electrons. The van der Waals surface area contributed by atoms with E-state index in [1.54, 1.807) is 13.1 Å². The van der Waals surface area contributed by atoms with Crippen LogP contribution in [0.25, 0.3) is 5.69 Å². The minimum Gasteiger partial charge on any atom is -0.382 e. The molecule has 4 aromatic rings. The van der Waals surface area contributed by atoms with E-state index in [-0.39, 0.29) is 17.9 Å². The van der Waals surface area contributed by atoms with E-state index < -0.39 is 23.2 Å². The third kappa shape index (κ3) is 3.69. The Balaban J connectivity index is 1.74. The summed E-state index contributed by atoms with van der Waals surface area (Å²) in [6.45, 7) is 1.50. The molecule has 0 aliphatic carbocycles. The maximum Gasteiger partial charge on any atom is 0.137 e. The van der Waals surface area contributed by atoms with Crippen molar-refractivity contribution in [3.8, 4) is 5.69 Å². The first kappa shape index (κ1) is 19.8. The highest BCUT2D eigenvalue weighted by atomic mass is 19.1. The van der Waals surface area contributed by atoms with Crippen molar-refractivity contribution in [2.75, 3.05) is 0 Å². The molecule has 2 aromatic carbocycles. The lowest BCUT2D eigenvalue weighted by atomic mass is 9.80. The zero-order valence-electron chi connectivity index (χ0n) is 15.8. The Morgan fingerprint density at radius 2 is 1.80 bits per heavy atom. The van der Waals surface area contributed by atoms with Crippen LogP contribution in [0.2, 0.25) is 0 Å². The number of aromatic nitrogens is 6. The van der Waals surface area contributed by atoms with Crippen LogP contribution in [0.4, 0.5) is 13.2 Å². The molecule has 1 N–H and O–H groups in total. The third-order valence-electron chi connectivity index (χ3n) is 5.03. The highest BCUT2D eigenvalue weighted by Gasteiger charge is 2.41. The van der Waals surface area contributed by atoms with Gasteiger partial charge in [-0.25, -0.2) is 27.5 Å². The molecule has 0 aliphatic rings. The quantitative estimate of drug-likeness (QED) is 0.525. The highest BCUT2D eigenvalue weighted by Crippen LogP contribution is 2.39. The molecular formula is C20H17F3N6O. The molecule has 2 atom stereocenters. The molecule has 2 heterocycles. The molecule has 0 amide bonds. The van der Waals surface area contributed by atoms with Gasteiger partial charge < -0.3 is 5.11 Å². The Morgan fingerprint density at radius 1 is 1.07 bits per heavy atom. The maximum atomic E-state index is 14.6. The number of benzene rings is 2. The lowest BCUT2D eigenvalue weighted by Gasteiger charge is -2.33. The molecule has 0 bridgehead atoms. The normalized spacial score (nSPS) is 14.4. The summed E-state index contributed by atoms with van der Waals surface area (Å²) in [5.74, 6) is -2.80. The number of hydrogen-bond acceptors (Lipinski definition) is 5. The summed E-state index contributed by atoms with van der Waals surface area (Å²) in [6.07, 6.45) is 4.23. The first-order chi connectivity index (χ1) is 14.4. The van der Waals surface area contributed by atoms with E-state index in [0.717, 1.165) is 6.07 Å². The van der Waals surface area contributed by atoms with Crippen molar-refractivity contribution in [3.05, 3.63) is 90.0 Å². The molecule has 0 saturated heterocycles. The van der Waals surface area contributed by atoms with Crippen molar-refractivity contribution in [3.63, 3.8) is 0 Å². The molecule has 10 heteroatoms. The predicted molar refractivity (Wildman–Crippen MR) is 100 cm³/mol. The molecule has 4 rings (SSSR count). The van der Waals surface area contributed by atoms with Crippen LogP contribution < -0.4 is 0 Å². The van der Waals surface area contributed by atoms with Gasteiger partial charge in [-0.15, -0.1) is 5.10 Å². The second-order valence-corrected chi connectivity index (χ2v) is 6.93. The highest BCUT2D eigenvalue weighted by molar-refractivity contribution is 5.33. The summed E-state index contributed by atoms with van der Waals surface area (Å²) in [6, 6.07) is 8.61. The Labute approximate surface area is 169 Å². The number of hydrogen-bond donors (Lipinski definition) is 1. The average molecular weight is 414 g/mol. The van der Waals surface area contributed by atoms with E-state index in [0.29, 0.717) is 17.4 Å². The summed E-state index contributed by atoms with van der Waals surface area (Å²) < 4.78 is 44.0. The summed E-state index contributed by atoms with van der Waals surface area (Å²) in [5.41, 5.74) is -1.03. The molecule has 0 spiro atoms. The van der Waals surface area contributed by atoms with Gasteiger partial charge in [0.15, 0.2) is 0 Å². The molecule has 0 aliphatic heterocycles. The monoisotopic (exact) mass is 414 g/mol. The van der Waals surface area contributed by atoms with Crippen LogP contribution in [0.1, 0.15) is 24.1 Å². The third-order valence-corrected chi connectivity index (χ3v) is 5.03. The molecule has 7 nitrogen and oxygen atoms in total. The standard InChI is InChI=1S/C20H17F3N6O/c1-13(19-9-29(27-26-19)16-5-2-14(21)3-6-16)20(30,10-28-12-24-11-25-28)17-7-4-15(22)8-18(17)23/h2-9,11-13,30H,10H2,1H3. The van der Waals surface area contributed by atoms with Crippen LogP contribution >= 0.6 is 0 Å². The van der Waals surface area contributed by atoms with E-state index in [4.69, 9.17) is 0 Å². The van der Waals surface area contributed by atoms with E-state index >= 15 is 0 Å². The minimum absolute atomic E-state index is 0.108. The Bertz CT molecular complexity index is 1150. The van der Waals surface area contributed by atoms with Gasteiger partial charge in [0.25, 0.3) is 0 Å². The van der Waals surface area contributed by atoms with Gasteiger partial charge in [0.2, 0.25) is 0 Å². The van der Waals surface area contributed by atoms with Gasteiger partial charge in [0, 0.05) is 17.5 Å². The lowest BCUT2D eigenvalue weighted by molar-refractivity contribution is -0.0123. The molecule has 0 fully saturated rings. The fraction of sp³-hybridized carbons (Fsp3) is 0.200. The molecule has 2 unspecified atom stereocenters. The summed E-state index contributed by atoms with van der Waals surface area (Å²) in [4.78, 5) is 3.84. The minimum atomic E-state index is -1.84. The number of halogens is 3. The Morgan fingerprint density at radius 3 is 2.47 bits per heavy atom. The van der Waals surface area contributed by atoms with Gasteiger partial charge in [-0.05, 0) is 30.3 Å². The number of rotatable bonds is 6. The molecule has 0 radical (unpaired) electrons. The molecule has 2 aromatic heterocycles. The van der Waals surface area contributed by atoms with Crippen molar-refractivity contribution in [2.24, 2.45) is 0 Å². The van der Waals surface area contributed by atoms with Crippen LogP contribution in [-0.2, 0) is 12.1 Å². The van der Waals surface area contributed by atoms with Crippen LogP contribution in [0.3, 0.4) is 0 Å². The number of nitrogens with zero attached hydrogens (tertiary/aromatic N) is 6. The summed E-state index contributed by atoms with van der Waals surface area (Å²) in [7, 11) is 0. The van der Waals surface area contributed by atoms with Gasteiger partial charge in [-0.1, -0.05) is 18.2 Å². The van der Waals surface area contributed by atoms with Crippen LogP contribution in [0, 0.1) is 17.5 Å². The zero-order valence-corrected chi connectivity index (χ0v) is 15.8. The van der Waals surface area contributed by atoms with E-state index in [1.165, 1.54) is 52.4 Å². The van der Waals surface area contributed by atoms with Crippen LogP contribution in [-0.4, -0.2) is 34.9 Å². The van der Waals surface area contributed by atoms with E-state index in [2.05, 4.69) is 20.4 Å². The molecule has 0 saturated carbocycles. The molecular weight excluding hydrogens is 397 g/mol. The fourth-order valence-electron chi connectivity index (χ4n) is 3.30. The first-order valence-corrected chi connectivity index (χ1v) is 9.05. The van der Waals surface area contributed by atoms with Crippen molar-refractivity contribution in [1.29, 1.82) is 0 Å².